The van der Waals surface area contributed by atoms with Crippen LogP contribution in [0.4, 0.5) is 0 Å². The molecule has 5 heteroatoms. The van der Waals surface area contributed by atoms with Gasteiger partial charge in [0.25, 0.3) is 0 Å². The first-order valence-corrected chi connectivity index (χ1v) is 8.20. The minimum Gasteiger partial charge on any atom is -0.383 e. The molecule has 23 heavy (non-hydrogen) atoms. The first kappa shape index (κ1) is 19.9. The van der Waals surface area contributed by atoms with Gasteiger partial charge in [-0.05, 0) is 29.4 Å². The summed E-state index contributed by atoms with van der Waals surface area (Å²) in [7, 11) is 1.68. The quantitative estimate of drug-likeness (QED) is 0.679. The summed E-state index contributed by atoms with van der Waals surface area (Å²) >= 11 is 0. The molecule has 2 rings (SSSR count). The van der Waals surface area contributed by atoms with Gasteiger partial charge in [0, 0.05) is 32.7 Å². The van der Waals surface area contributed by atoms with Crippen molar-refractivity contribution in [3.63, 3.8) is 0 Å². The maximum atomic E-state index is 12.1. The zero-order chi connectivity index (χ0) is 15.9. The molecule has 1 aliphatic carbocycles. The lowest BCUT2D eigenvalue weighted by Crippen LogP contribution is -2.34. The van der Waals surface area contributed by atoms with Crippen LogP contribution in [0.1, 0.15) is 43.2 Å². The molecule has 1 aromatic rings. The van der Waals surface area contributed by atoms with Crippen LogP contribution in [0.3, 0.4) is 0 Å². The Morgan fingerprint density at radius 1 is 1.22 bits per heavy atom. The predicted octanol–water partition coefficient (Wildman–Crippen LogP) is 2.69. The number of benzene rings is 1. The van der Waals surface area contributed by atoms with Gasteiger partial charge in [-0.15, -0.1) is 12.4 Å². The Morgan fingerprint density at radius 3 is 2.52 bits per heavy atom. The number of halogens is 1. The van der Waals surface area contributed by atoms with E-state index in [9.17, 15) is 4.79 Å². The molecule has 0 saturated heterocycles. The van der Waals surface area contributed by atoms with Crippen molar-refractivity contribution in [1.29, 1.82) is 0 Å². The van der Waals surface area contributed by atoms with Gasteiger partial charge in [0.15, 0.2) is 0 Å². The molecule has 0 bridgehead atoms. The molecule has 1 aliphatic rings. The summed E-state index contributed by atoms with van der Waals surface area (Å²) in [5, 5.41) is 6.23. The highest BCUT2D eigenvalue weighted by molar-refractivity contribution is 5.85. The Bertz CT molecular complexity index is 476. The maximum Gasteiger partial charge on any atom is 0.223 e. The standard InChI is InChI=1S/C18H28N2O2.ClH/c1-13(2)14-4-6-15(7-5-14)16-12-17(16)18(21)20-9-8-19-10-11-22-3;/h4-7,13,16-17,19H,8-12H2,1-3H3,(H,20,21);1H. The summed E-state index contributed by atoms with van der Waals surface area (Å²) < 4.78 is 4.95. The summed E-state index contributed by atoms with van der Waals surface area (Å²) in [6.45, 7) is 7.38. The van der Waals surface area contributed by atoms with E-state index in [0.29, 0.717) is 25.0 Å². The van der Waals surface area contributed by atoms with Gasteiger partial charge in [0.1, 0.15) is 0 Å². The largest absolute Gasteiger partial charge is 0.383 e. The number of amides is 1. The highest BCUT2D eigenvalue weighted by Crippen LogP contribution is 2.47. The number of carbonyl (C=O) groups excluding carboxylic acids is 1. The number of carbonyl (C=O) groups is 1. The number of methoxy groups -OCH3 is 1. The van der Waals surface area contributed by atoms with Crippen LogP contribution < -0.4 is 10.6 Å². The first-order valence-electron chi connectivity index (χ1n) is 8.20. The average molecular weight is 341 g/mol. The number of ether oxygens (including phenoxy) is 1. The van der Waals surface area contributed by atoms with E-state index in [0.717, 1.165) is 19.5 Å². The Morgan fingerprint density at radius 2 is 1.91 bits per heavy atom. The topological polar surface area (TPSA) is 50.4 Å². The molecule has 130 valence electrons. The molecule has 1 aromatic carbocycles. The van der Waals surface area contributed by atoms with E-state index in [4.69, 9.17) is 4.74 Å². The van der Waals surface area contributed by atoms with Crippen molar-refractivity contribution < 1.29 is 9.53 Å². The van der Waals surface area contributed by atoms with Crippen molar-refractivity contribution in [2.75, 3.05) is 33.4 Å². The summed E-state index contributed by atoms with van der Waals surface area (Å²) in [6.07, 6.45) is 0.976. The maximum absolute atomic E-state index is 12.1. The van der Waals surface area contributed by atoms with Crippen molar-refractivity contribution in [2.45, 2.75) is 32.1 Å². The van der Waals surface area contributed by atoms with E-state index in [-0.39, 0.29) is 24.2 Å². The Labute approximate surface area is 145 Å². The lowest BCUT2D eigenvalue weighted by molar-refractivity contribution is -0.122. The fourth-order valence-electron chi connectivity index (χ4n) is 2.69. The van der Waals surface area contributed by atoms with Gasteiger partial charge < -0.3 is 15.4 Å². The molecule has 0 spiro atoms. The number of nitrogens with one attached hydrogen (secondary N) is 2. The van der Waals surface area contributed by atoms with E-state index >= 15 is 0 Å². The van der Waals surface area contributed by atoms with Crippen molar-refractivity contribution in [1.82, 2.24) is 10.6 Å². The molecule has 2 atom stereocenters. The molecule has 1 amide bonds. The van der Waals surface area contributed by atoms with E-state index in [1.54, 1.807) is 7.11 Å². The van der Waals surface area contributed by atoms with Crippen LogP contribution in [0, 0.1) is 5.92 Å². The van der Waals surface area contributed by atoms with E-state index in [2.05, 4.69) is 48.7 Å². The summed E-state index contributed by atoms with van der Waals surface area (Å²) in [5.74, 6) is 1.30. The highest BCUT2D eigenvalue weighted by Gasteiger charge is 2.43. The fourth-order valence-corrected chi connectivity index (χ4v) is 2.69. The van der Waals surface area contributed by atoms with Gasteiger partial charge in [-0.25, -0.2) is 0 Å². The fraction of sp³-hybridized carbons (Fsp3) is 0.611. The van der Waals surface area contributed by atoms with Gasteiger partial charge in [-0.2, -0.15) is 0 Å². The third-order valence-electron chi connectivity index (χ3n) is 4.24. The Kier molecular flexibility index (Phi) is 8.59. The average Bonchev–Trinajstić information content (AvgIpc) is 3.31. The van der Waals surface area contributed by atoms with Crippen molar-refractivity contribution in [2.24, 2.45) is 5.92 Å². The highest BCUT2D eigenvalue weighted by atomic mass is 35.5. The normalized spacial score (nSPS) is 19.3. The Hall–Kier alpha value is -1.10. The smallest absolute Gasteiger partial charge is 0.223 e. The third kappa shape index (κ3) is 6.13. The lowest BCUT2D eigenvalue weighted by Gasteiger charge is -2.08. The number of hydrogen-bond acceptors (Lipinski definition) is 3. The minimum absolute atomic E-state index is 0. The number of hydrogen-bond donors (Lipinski definition) is 2. The molecular formula is C18H29ClN2O2. The molecule has 1 fully saturated rings. The minimum atomic E-state index is 0. The molecule has 0 aromatic heterocycles. The molecular weight excluding hydrogens is 312 g/mol. The van der Waals surface area contributed by atoms with Gasteiger partial charge in [-0.1, -0.05) is 38.1 Å². The molecule has 4 nitrogen and oxygen atoms in total. The zero-order valence-corrected chi connectivity index (χ0v) is 15.1. The second kappa shape index (κ2) is 9.91. The molecule has 0 aliphatic heterocycles. The van der Waals surface area contributed by atoms with Crippen LogP contribution >= 0.6 is 12.4 Å². The van der Waals surface area contributed by atoms with Crippen molar-refractivity contribution in [3.05, 3.63) is 35.4 Å². The van der Waals surface area contributed by atoms with Crippen molar-refractivity contribution in [3.8, 4) is 0 Å². The van der Waals surface area contributed by atoms with Gasteiger partial charge in [0.2, 0.25) is 5.91 Å². The second-order valence-corrected chi connectivity index (χ2v) is 6.30. The van der Waals surface area contributed by atoms with Crippen LogP contribution in [0.5, 0.6) is 0 Å². The molecule has 1 saturated carbocycles. The second-order valence-electron chi connectivity index (χ2n) is 6.30. The van der Waals surface area contributed by atoms with Gasteiger partial charge in [0.05, 0.1) is 6.61 Å². The van der Waals surface area contributed by atoms with Crippen LogP contribution in [0.2, 0.25) is 0 Å². The summed E-state index contributed by atoms with van der Waals surface area (Å²) in [4.78, 5) is 12.1. The van der Waals surface area contributed by atoms with Crippen LogP contribution in [0.25, 0.3) is 0 Å². The molecule has 0 heterocycles. The predicted molar refractivity (Wildman–Crippen MR) is 96.4 cm³/mol. The zero-order valence-electron chi connectivity index (χ0n) is 14.3. The van der Waals surface area contributed by atoms with Gasteiger partial charge in [-0.3, -0.25) is 4.79 Å². The van der Waals surface area contributed by atoms with Gasteiger partial charge >= 0.3 is 0 Å². The van der Waals surface area contributed by atoms with E-state index < -0.39 is 0 Å². The lowest BCUT2D eigenvalue weighted by atomic mass is 10.00. The monoisotopic (exact) mass is 340 g/mol. The summed E-state index contributed by atoms with van der Waals surface area (Å²) in [6, 6.07) is 8.74. The first-order chi connectivity index (χ1) is 10.6. The van der Waals surface area contributed by atoms with E-state index in [1.165, 1.54) is 11.1 Å². The molecule has 0 radical (unpaired) electrons. The molecule has 2 N–H and O–H groups in total. The van der Waals surface area contributed by atoms with Crippen LogP contribution in [0.15, 0.2) is 24.3 Å². The third-order valence-corrected chi connectivity index (χ3v) is 4.24. The van der Waals surface area contributed by atoms with Crippen LogP contribution in [-0.4, -0.2) is 39.3 Å². The van der Waals surface area contributed by atoms with Crippen LogP contribution in [-0.2, 0) is 9.53 Å². The number of rotatable bonds is 9. The van der Waals surface area contributed by atoms with E-state index in [1.807, 2.05) is 0 Å². The van der Waals surface area contributed by atoms with Crippen molar-refractivity contribution >= 4 is 18.3 Å². The molecule has 2 unspecified atom stereocenters. The SMILES string of the molecule is COCCNCCNC(=O)C1CC1c1ccc(C(C)C)cc1.Cl. The Balaban J connectivity index is 0.00000264. The summed E-state index contributed by atoms with van der Waals surface area (Å²) in [5.41, 5.74) is 2.65.